The van der Waals surface area contributed by atoms with Crippen LogP contribution in [0.25, 0.3) is 0 Å². The normalized spacial score (nSPS) is 20.7. The van der Waals surface area contributed by atoms with Crippen molar-refractivity contribution in [2.75, 3.05) is 41.4 Å². The van der Waals surface area contributed by atoms with Gasteiger partial charge in [0.25, 0.3) is 0 Å². The zero-order valence-corrected chi connectivity index (χ0v) is 19.4. The molecular formula is C24H32N6OS. The zero-order valence-electron chi connectivity index (χ0n) is 18.6. The summed E-state index contributed by atoms with van der Waals surface area (Å²) in [4.78, 5) is 14.4. The molecule has 8 heteroatoms. The Morgan fingerprint density at radius 2 is 1.66 bits per heavy atom. The van der Waals surface area contributed by atoms with Crippen LogP contribution in [0, 0.1) is 0 Å². The van der Waals surface area contributed by atoms with Crippen molar-refractivity contribution >= 4 is 34.9 Å². The van der Waals surface area contributed by atoms with Gasteiger partial charge in [0.1, 0.15) is 11.6 Å². The van der Waals surface area contributed by atoms with E-state index in [-0.39, 0.29) is 6.10 Å². The van der Waals surface area contributed by atoms with E-state index in [2.05, 4.69) is 50.8 Å². The van der Waals surface area contributed by atoms with Gasteiger partial charge in [0, 0.05) is 45.4 Å². The molecule has 0 spiro atoms. The van der Waals surface area contributed by atoms with Crippen molar-refractivity contribution < 1.29 is 4.74 Å². The Morgan fingerprint density at radius 1 is 0.969 bits per heavy atom. The minimum absolute atomic E-state index is 0.234. The van der Waals surface area contributed by atoms with Gasteiger partial charge in [0.05, 0.1) is 6.10 Å². The smallest absolute Gasteiger partial charge is 0.232 e. The molecule has 2 N–H and O–H groups in total. The van der Waals surface area contributed by atoms with E-state index in [0.29, 0.717) is 17.6 Å². The summed E-state index contributed by atoms with van der Waals surface area (Å²) in [5, 5.41) is 7.05. The van der Waals surface area contributed by atoms with Crippen LogP contribution in [0.1, 0.15) is 49.7 Å². The number of rotatable bonds is 5. The van der Waals surface area contributed by atoms with Crippen LogP contribution in [0.4, 0.5) is 17.6 Å². The molecule has 2 saturated heterocycles. The van der Waals surface area contributed by atoms with Crippen LogP contribution in [-0.4, -0.2) is 47.4 Å². The summed E-state index contributed by atoms with van der Waals surface area (Å²) in [5.41, 5.74) is 2.73. The lowest BCUT2D eigenvalue weighted by atomic mass is 10.1. The number of anilines is 3. The number of thiocarbonyl (C=S) groups is 1. The lowest BCUT2D eigenvalue weighted by molar-refractivity contribution is 0.114. The van der Waals surface area contributed by atoms with Gasteiger partial charge in [-0.15, -0.1) is 0 Å². The maximum atomic E-state index is 5.69. The van der Waals surface area contributed by atoms with Gasteiger partial charge < -0.3 is 25.2 Å². The SMILES string of the molecule is S=C(NC[C@@H]1CCCO1)Nc1nc(N2CCCCCC2)cc(N2Cc3ccccc3C2)n1. The lowest BCUT2D eigenvalue weighted by Crippen LogP contribution is -2.35. The maximum Gasteiger partial charge on any atom is 0.232 e. The Hall–Kier alpha value is -2.45. The van der Waals surface area contributed by atoms with Crippen molar-refractivity contribution in [1.29, 1.82) is 0 Å². The molecule has 3 aliphatic heterocycles. The highest BCUT2D eigenvalue weighted by molar-refractivity contribution is 7.80. The molecule has 0 unspecified atom stereocenters. The van der Waals surface area contributed by atoms with Gasteiger partial charge in [-0.05, 0) is 49.0 Å². The van der Waals surface area contributed by atoms with E-state index in [1.165, 1.54) is 36.8 Å². The molecule has 0 bridgehead atoms. The first-order chi connectivity index (χ1) is 15.7. The van der Waals surface area contributed by atoms with Gasteiger partial charge in [-0.1, -0.05) is 37.1 Å². The molecule has 32 heavy (non-hydrogen) atoms. The minimum Gasteiger partial charge on any atom is -0.376 e. The number of aromatic nitrogens is 2. The highest BCUT2D eigenvalue weighted by Crippen LogP contribution is 2.30. The van der Waals surface area contributed by atoms with Crippen molar-refractivity contribution in [1.82, 2.24) is 15.3 Å². The molecule has 170 valence electrons. The van der Waals surface area contributed by atoms with Crippen LogP contribution in [0.5, 0.6) is 0 Å². The van der Waals surface area contributed by atoms with Crippen LogP contribution in [-0.2, 0) is 17.8 Å². The second-order valence-electron chi connectivity index (χ2n) is 8.90. The average molecular weight is 453 g/mol. The van der Waals surface area contributed by atoms with Gasteiger partial charge in [-0.3, -0.25) is 0 Å². The maximum absolute atomic E-state index is 5.69. The Labute approximate surface area is 195 Å². The fourth-order valence-corrected chi connectivity index (χ4v) is 4.93. The van der Waals surface area contributed by atoms with Crippen LogP contribution < -0.4 is 20.4 Å². The molecule has 4 heterocycles. The molecule has 2 fully saturated rings. The predicted octanol–water partition coefficient (Wildman–Crippen LogP) is 3.84. The van der Waals surface area contributed by atoms with Crippen LogP contribution in [0.3, 0.4) is 0 Å². The van der Waals surface area contributed by atoms with E-state index in [0.717, 1.165) is 57.3 Å². The summed E-state index contributed by atoms with van der Waals surface area (Å²) in [7, 11) is 0. The summed E-state index contributed by atoms with van der Waals surface area (Å²) in [6, 6.07) is 10.8. The van der Waals surface area contributed by atoms with Crippen LogP contribution >= 0.6 is 12.2 Å². The van der Waals surface area contributed by atoms with E-state index in [1.807, 2.05) is 0 Å². The minimum atomic E-state index is 0.234. The Kier molecular flexibility index (Phi) is 6.69. The Bertz CT molecular complexity index is 915. The molecule has 0 saturated carbocycles. The molecule has 5 rings (SSSR count). The standard InChI is InChI=1S/C24H32N6OS/c32-24(25-15-20-10-7-13-31-20)28-23-26-21(29-11-5-1-2-6-12-29)14-22(27-23)30-16-18-8-3-4-9-19(18)17-30/h3-4,8-9,14,20H,1-2,5-7,10-13,15-17H2,(H2,25,26,27,28,32)/t20-/m0/s1. The van der Waals surface area contributed by atoms with Gasteiger partial charge in [0.15, 0.2) is 5.11 Å². The monoisotopic (exact) mass is 452 g/mol. The van der Waals surface area contributed by atoms with E-state index >= 15 is 0 Å². The van der Waals surface area contributed by atoms with Crippen LogP contribution in [0.2, 0.25) is 0 Å². The number of fused-ring (bicyclic) bond motifs is 1. The van der Waals surface area contributed by atoms with Gasteiger partial charge in [-0.25, -0.2) is 0 Å². The fraction of sp³-hybridized carbons (Fsp3) is 0.542. The van der Waals surface area contributed by atoms with Crippen molar-refractivity contribution in [3.05, 3.63) is 41.5 Å². The number of hydrogen-bond acceptors (Lipinski definition) is 6. The van der Waals surface area contributed by atoms with E-state index < -0.39 is 0 Å². The predicted molar refractivity (Wildman–Crippen MR) is 132 cm³/mol. The fourth-order valence-electron chi connectivity index (χ4n) is 4.75. The highest BCUT2D eigenvalue weighted by Gasteiger charge is 2.23. The number of benzene rings is 1. The molecule has 2 aromatic rings. The third-order valence-corrected chi connectivity index (χ3v) is 6.78. The van der Waals surface area contributed by atoms with E-state index in [4.69, 9.17) is 26.9 Å². The first kappa shape index (κ1) is 21.4. The second kappa shape index (κ2) is 10.0. The van der Waals surface area contributed by atoms with E-state index in [1.54, 1.807) is 0 Å². The van der Waals surface area contributed by atoms with Crippen molar-refractivity contribution in [2.24, 2.45) is 0 Å². The lowest BCUT2D eigenvalue weighted by Gasteiger charge is -2.25. The highest BCUT2D eigenvalue weighted by atomic mass is 32.1. The third kappa shape index (κ3) is 5.13. The zero-order chi connectivity index (χ0) is 21.8. The van der Waals surface area contributed by atoms with Crippen molar-refractivity contribution in [3.63, 3.8) is 0 Å². The molecule has 0 aliphatic carbocycles. The largest absolute Gasteiger partial charge is 0.376 e. The molecule has 1 aromatic carbocycles. The number of nitrogens with one attached hydrogen (secondary N) is 2. The molecule has 0 radical (unpaired) electrons. The summed E-state index contributed by atoms with van der Waals surface area (Å²) < 4.78 is 5.69. The Morgan fingerprint density at radius 3 is 2.31 bits per heavy atom. The number of hydrogen-bond donors (Lipinski definition) is 2. The quantitative estimate of drug-likeness (QED) is 0.664. The third-order valence-electron chi connectivity index (χ3n) is 6.53. The molecule has 0 amide bonds. The summed E-state index contributed by atoms with van der Waals surface area (Å²) in [6.07, 6.45) is 7.43. The topological polar surface area (TPSA) is 65.6 Å². The van der Waals surface area contributed by atoms with Crippen molar-refractivity contribution in [2.45, 2.75) is 57.7 Å². The van der Waals surface area contributed by atoms with Crippen LogP contribution in [0.15, 0.2) is 30.3 Å². The molecule has 3 aliphatic rings. The van der Waals surface area contributed by atoms with Crippen molar-refractivity contribution in [3.8, 4) is 0 Å². The van der Waals surface area contributed by atoms with Gasteiger partial charge in [0.2, 0.25) is 5.95 Å². The van der Waals surface area contributed by atoms with Gasteiger partial charge >= 0.3 is 0 Å². The van der Waals surface area contributed by atoms with E-state index in [9.17, 15) is 0 Å². The Balaban J connectivity index is 1.35. The summed E-state index contributed by atoms with van der Waals surface area (Å²) in [6.45, 7) is 5.37. The molecule has 1 aromatic heterocycles. The summed E-state index contributed by atoms with van der Waals surface area (Å²) in [5.74, 6) is 2.49. The second-order valence-corrected chi connectivity index (χ2v) is 9.31. The molecule has 7 nitrogen and oxygen atoms in total. The number of ether oxygens (including phenoxy) is 1. The molecule has 1 atom stereocenters. The summed E-state index contributed by atoms with van der Waals surface area (Å²) >= 11 is 5.54. The first-order valence-corrected chi connectivity index (χ1v) is 12.3. The van der Waals surface area contributed by atoms with Gasteiger partial charge in [-0.2, -0.15) is 9.97 Å². The average Bonchev–Trinajstić information content (AvgIpc) is 3.41. The first-order valence-electron chi connectivity index (χ1n) is 11.9. The number of nitrogens with zero attached hydrogens (tertiary/aromatic N) is 4. The molecular weight excluding hydrogens is 420 g/mol.